The molecule has 2 nitrogen and oxygen atoms in total. The van der Waals surface area contributed by atoms with Gasteiger partial charge in [0.15, 0.2) is 0 Å². The Morgan fingerprint density at radius 1 is 1.00 bits per heavy atom. The molecule has 1 N–H and O–H groups in total. The van der Waals surface area contributed by atoms with Crippen LogP contribution in [0.2, 0.25) is 0 Å². The number of benzene rings is 2. The summed E-state index contributed by atoms with van der Waals surface area (Å²) >= 11 is 0. The van der Waals surface area contributed by atoms with Gasteiger partial charge in [-0.1, -0.05) is 50.2 Å². The van der Waals surface area contributed by atoms with Gasteiger partial charge in [-0.25, -0.2) is 4.79 Å². The highest BCUT2D eigenvalue weighted by atomic mass is 16.4. The average Bonchev–Trinajstić information content (AvgIpc) is 2.41. The van der Waals surface area contributed by atoms with E-state index in [4.69, 9.17) is 5.11 Å². The molecule has 20 heavy (non-hydrogen) atoms. The molecule has 0 saturated carbocycles. The summed E-state index contributed by atoms with van der Waals surface area (Å²) in [6.45, 7) is 4.43. The molecule has 0 aliphatic carbocycles. The van der Waals surface area contributed by atoms with E-state index in [1.54, 1.807) is 18.2 Å². The summed E-state index contributed by atoms with van der Waals surface area (Å²) in [5.41, 5.74) is 3.93. The fourth-order valence-corrected chi connectivity index (χ4v) is 2.31. The van der Waals surface area contributed by atoms with Gasteiger partial charge in [-0.2, -0.15) is 0 Å². The monoisotopic (exact) mass is 268 g/mol. The molecule has 0 saturated heterocycles. The molecule has 0 aliphatic heterocycles. The molecule has 0 aromatic heterocycles. The van der Waals surface area contributed by atoms with Crippen LogP contribution in [0.1, 0.15) is 40.9 Å². The maximum Gasteiger partial charge on any atom is 0.335 e. The van der Waals surface area contributed by atoms with Gasteiger partial charge in [0.25, 0.3) is 0 Å². The van der Waals surface area contributed by atoms with Crippen LogP contribution in [-0.2, 0) is 12.8 Å². The lowest BCUT2D eigenvalue weighted by molar-refractivity contribution is 0.0697. The van der Waals surface area contributed by atoms with Gasteiger partial charge >= 0.3 is 5.97 Å². The zero-order valence-electron chi connectivity index (χ0n) is 12.0. The molecule has 0 amide bonds. The first-order chi connectivity index (χ1) is 9.54. The smallest absolute Gasteiger partial charge is 0.335 e. The van der Waals surface area contributed by atoms with E-state index in [1.165, 1.54) is 11.1 Å². The van der Waals surface area contributed by atoms with E-state index in [1.807, 2.05) is 6.07 Å². The van der Waals surface area contributed by atoms with Gasteiger partial charge in [-0.15, -0.1) is 0 Å². The minimum atomic E-state index is -0.876. The molecule has 0 aliphatic rings. The Hall–Kier alpha value is -2.09. The number of hydrogen-bond acceptors (Lipinski definition) is 1. The van der Waals surface area contributed by atoms with E-state index < -0.39 is 5.97 Å². The molecule has 2 aromatic carbocycles. The van der Waals surface area contributed by atoms with Crippen LogP contribution in [0.5, 0.6) is 0 Å². The summed E-state index contributed by atoms with van der Waals surface area (Å²) in [7, 11) is 0. The van der Waals surface area contributed by atoms with E-state index in [2.05, 4.69) is 38.1 Å². The van der Waals surface area contributed by atoms with Gasteiger partial charge in [0.05, 0.1) is 5.56 Å². The van der Waals surface area contributed by atoms with Crippen molar-refractivity contribution < 1.29 is 9.90 Å². The van der Waals surface area contributed by atoms with Crippen LogP contribution >= 0.6 is 0 Å². The van der Waals surface area contributed by atoms with Crippen LogP contribution in [0.4, 0.5) is 0 Å². The topological polar surface area (TPSA) is 37.3 Å². The summed E-state index contributed by atoms with van der Waals surface area (Å²) in [4.78, 5) is 11.0. The summed E-state index contributed by atoms with van der Waals surface area (Å²) in [6, 6.07) is 15.7. The zero-order chi connectivity index (χ0) is 14.5. The van der Waals surface area contributed by atoms with Crippen LogP contribution in [0.25, 0.3) is 0 Å². The lowest BCUT2D eigenvalue weighted by Gasteiger charge is -2.07. The number of aromatic carboxylic acids is 1. The molecule has 2 rings (SSSR count). The third-order valence-electron chi connectivity index (χ3n) is 3.25. The van der Waals surface area contributed by atoms with Gasteiger partial charge in [-0.3, -0.25) is 0 Å². The van der Waals surface area contributed by atoms with E-state index in [0.717, 1.165) is 18.4 Å². The van der Waals surface area contributed by atoms with Crippen LogP contribution < -0.4 is 0 Å². The Morgan fingerprint density at radius 2 is 1.65 bits per heavy atom. The van der Waals surface area contributed by atoms with Crippen molar-refractivity contribution in [3.8, 4) is 0 Å². The van der Waals surface area contributed by atoms with Crippen LogP contribution in [0.15, 0.2) is 48.5 Å². The van der Waals surface area contributed by atoms with Crippen LogP contribution in [-0.4, -0.2) is 11.1 Å². The first-order valence-electron chi connectivity index (χ1n) is 6.94. The highest BCUT2D eigenvalue weighted by molar-refractivity contribution is 5.87. The fourth-order valence-electron chi connectivity index (χ4n) is 2.31. The summed E-state index contributed by atoms with van der Waals surface area (Å²) in [5, 5.41) is 9.00. The number of hydrogen-bond donors (Lipinski definition) is 1. The van der Waals surface area contributed by atoms with Gasteiger partial charge < -0.3 is 5.11 Å². The molecule has 2 heteroatoms. The number of carboxylic acid groups (broad SMARTS) is 1. The fraction of sp³-hybridized carbons (Fsp3) is 0.278. The second-order valence-electron chi connectivity index (χ2n) is 5.60. The molecular weight excluding hydrogens is 248 g/mol. The Morgan fingerprint density at radius 3 is 2.25 bits per heavy atom. The van der Waals surface area contributed by atoms with Crippen LogP contribution in [0, 0.1) is 5.92 Å². The molecule has 0 atom stereocenters. The van der Waals surface area contributed by atoms with E-state index >= 15 is 0 Å². The molecule has 0 spiro atoms. The minimum Gasteiger partial charge on any atom is -0.478 e. The predicted molar refractivity (Wildman–Crippen MR) is 81.2 cm³/mol. The second kappa shape index (κ2) is 6.38. The normalized spacial score (nSPS) is 10.8. The largest absolute Gasteiger partial charge is 0.478 e. The molecule has 104 valence electrons. The number of rotatable bonds is 5. The molecule has 0 bridgehead atoms. The average molecular weight is 268 g/mol. The summed E-state index contributed by atoms with van der Waals surface area (Å²) in [6.07, 6.45) is 1.86. The standard InChI is InChI=1S/C18H20O2/c1-13(2)10-14-6-8-15(9-7-14)11-16-4-3-5-17(12-16)18(19)20/h3-9,12-13H,10-11H2,1-2H3,(H,19,20). The minimum absolute atomic E-state index is 0.346. The van der Waals surface area contributed by atoms with Crippen molar-refractivity contribution in [2.45, 2.75) is 26.7 Å². The maximum absolute atomic E-state index is 11.0. The van der Waals surface area contributed by atoms with E-state index in [0.29, 0.717) is 11.5 Å². The molecule has 0 heterocycles. The number of carbonyl (C=O) groups is 1. The lowest BCUT2D eigenvalue weighted by atomic mass is 9.98. The quantitative estimate of drug-likeness (QED) is 0.883. The van der Waals surface area contributed by atoms with Crippen molar-refractivity contribution in [1.29, 1.82) is 0 Å². The van der Waals surface area contributed by atoms with Crippen LogP contribution in [0.3, 0.4) is 0 Å². The highest BCUT2D eigenvalue weighted by Gasteiger charge is 2.04. The van der Waals surface area contributed by atoms with E-state index in [-0.39, 0.29) is 0 Å². The summed E-state index contributed by atoms with van der Waals surface area (Å²) < 4.78 is 0. The molecule has 2 aromatic rings. The SMILES string of the molecule is CC(C)Cc1ccc(Cc2cccc(C(=O)O)c2)cc1. The van der Waals surface area contributed by atoms with Gasteiger partial charge in [-0.05, 0) is 47.6 Å². The van der Waals surface area contributed by atoms with Crippen molar-refractivity contribution in [2.75, 3.05) is 0 Å². The Balaban J connectivity index is 2.10. The molecule has 0 unspecified atom stereocenters. The van der Waals surface area contributed by atoms with Crippen molar-refractivity contribution in [1.82, 2.24) is 0 Å². The predicted octanol–water partition coefficient (Wildman–Crippen LogP) is 4.17. The van der Waals surface area contributed by atoms with Gasteiger partial charge in [0, 0.05) is 0 Å². The van der Waals surface area contributed by atoms with Gasteiger partial charge in [0.1, 0.15) is 0 Å². The van der Waals surface area contributed by atoms with Gasteiger partial charge in [0.2, 0.25) is 0 Å². The first kappa shape index (κ1) is 14.3. The number of carboxylic acids is 1. The van der Waals surface area contributed by atoms with E-state index in [9.17, 15) is 4.79 Å². The van der Waals surface area contributed by atoms with Crippen molar-refractivity contribution >= 4 is 5.97 Å². The Bertz CT molecular complexity index is 583. The van der Waals surface area contributed by atoms with Crippen molar-refractivity contribution in [3.63, 3.8) is 0 Å². The molecular formula is C18H20O2. The molecule has 0 radical (unpaired) electrons. The van der Waals surface area contributed by atoms with Crippen molar-refractivity contribution in [3.05, 3.63) is 70.8 Å². The maximum atomic E-state index is 11.0. The van der Waals surface area contributed by atoms with Crippen molar-refractivity contribution in [2.24, 2.45) is 5.92 Å². The zero-order valence-corrected chi connectivity index (χ0v) is 12.0. The highest BCUT2D eigenvalue weighted by Crippen LogP contribution is 2.14. The third kappa shape index (κ3) is 3.95. The first-order valence-corrected chi connectivity index (χ1v) is 6.94. The molecule has 0 fully saturated rings. The second-order valence-corrected chi connectivity index (χ2v) is 5.60. The summed E-state index contributed by atoms with van der Waals surface area (Å²) in [5.74, 6) is -0.216. The third-order valence-corrected chi connectivity index (χ3v) is 3.25. The lowest BCUT2D eigenvalue weighted by Crippen LogP contribution is -1.98. The Labute approximate surface area is 120 Å². The Kier molecular flexibility index (Phi) is 4.57.